The minimum absolute atomic E-state index is 0.262. The van der Waals surface area contributed by atoms with E-state index >= 15 is 0 Å². The number of hydrogen-bond acceptors (Lipinski definition) is 2. The van der Waals surface area contributed by atoms with E-state index in [-0.39, 0.29) is 5.91 Å². The smallest absolute Gasteiger partial charge is 0.321 e. The molecule has 0 atom stereocenters. The average Bonchev–Trinajstić information content (AvgIpc) is 1.84. The summed E-state index contributed by atoms with van der Waals surface area (Å²) in [5.74, 6) is -0.262. The number of amides is 3. The SMILES string of the molecule is CCC(=O)N(C)C(N)=O. The molecule has 0 spiro atoms. The van der Waals surface area contributed by atoms with Gasteiger partial charge >= 0.3 is 6.03 Å². The highest BCUT2D eigenvalue weighted by molar-refractivity contribution is 5.93. The third-order valence-electron chi connectivity index (χ3n) is 1.01. The first-order valence-electron chi connectivity index (χ1n) is 2.65. The van der Waals surface area contributed by atoms with E-state index in [1.807, 2.05) is 0 Å². The maximum Gasteiger partial charge on any atom is 0.321 e. The largest absolute Gasteiger partial charge is 0.351 e. The number of carbonyl (C=O) groups is 2. The summed E-state index contributed by atoms with van der Waals surface area (Å²) >= 11 is 0. The summed E-state index contributed by atoms with van der Waals surface area (Å²) in [7, 11) is 1.36. The van der Waals surface area contributed by atoms with E-state index in [1.54, 1.807) is 6.92 Å². The molecule has 0 aliphatic heterocycles. The topological polar surface area (TPSA) is 63.4 Å². The molecule has 0 fully saturated rings. The summed E-state index contributed by atoms with van der Waals surface area (Å²) in [5, 5.41) is 0. The van der Waals surface area contributed by atoms with Gasteiger partial charge in [0.1, 0.15) is 0 Å². The van der Waals surface area contributed by atoms with Gasteiger partial charge in [0.15, 0.2) is 0 Å². The van der Waals surface area contributed by atoms with Gasteiger partial charge in [0.25, 0.3) is 0 Å². The van der Waals surface area contributed by atoms with Gasteiger partial charge < -0.3 is 5.73 Å². The highest BCUT2D eigenvalue weighted by Gasteiger charge is 2.09. The van der Waals surface area contributed by atoms with Crippen molar-refractivity contribution < 1.29 is 9.59 Å². The third kappa shape index (κ3) is 2.12. The molecule has 0 aromatic heterocycles. The molecular weight excluding hydrogens is 120 g/mol. The molecule has 0 aromatic carbocycles. The van der Waals surface area contributed by atoms with Crippen LogP contribution in [0.2, 0.25) is 0 Å². The van der Waals surface area contributed by atoms with Gasteiger partial charge in [0.2, 0.25) is 5.91 Å². The van der Waals surface area contributed by atoms with Crippen molar-refractivity contribution in [3.63, 3.8) is 0 Å². The lowest BCUT2D eigenvalue weighted by Crippen LogP contribution is -2.36. The van der Waals surface area contributed by atoms with Gasteiger partial charge in [-0.15, -0.1) is 0 Å². The zero-order chi connectivity index (χ0) is 7.44. The van der Waals surface area contributed by atoms with E-state index < -0.39 is 6.03 Å². The summed E-state index contributed by atoms with van der Waals surface area (Å²) in [4.78, 5) is 21.7. The maximum absolute atomic E-state index is 10.6. The molecule has 3 amide bonds. The van der Waals surface area contributed by atoms with E-state index in [4.69, 9.17) is 5.73 Å². The lowest BCUT2D eigenvalue weighted by atomic mass is 10.4. The van der Waals surface area contributed by atoms with E-state index in [1.165, 1.54) is 7.05 Å². The van der Waals surface area contributed by atoms with Crippen molar-refractivity contribution in [2.45, 2.75) is 13.3 Å². The van der Waals surface area contributed by atoms with Crippen molar-refractivity contribution in [2.75, 3.05) is 7.05 Å². The maximum atomic E-state index is 10.6. The van der Waals surface area contributed by atoms with Gasteiger partial charge in [-0.2, -0.15) is 0 Å². The van der Waals surface area contributed by atoms with Crippen LogP contribution in [0.15, 0.2) is 0 Å². The summed E-state index contributed by atoms with van der Waals surface area (Å²) < 4.78 is 0. The lowest BCUT2D eigenvalue weighted by molar-refractivity contribution is -0.126. The molecule has 9 heavy (non-hydrogen) atoms. The first kappa shape index (κ1) is 7.94. The molecule has 0 saturated carbocycles. The Balaban J connectivity index is 3.88. The molecule has 4 nitrogen and oxygen atoms in total. The minimum atomic E-state index is -0.707. The third-order valence-corrected chi connectivity index (χ3v) is 1.01. The number of hydrogen-bond donors (Lipinski definition) is 1. The molecule has 0 rings (SSSR count). The van der Waals surface area contributed by atoms with Crippen molar-refractivity contribution in [3.8, 4) is 0 Å². The second-order valence-corrected chi connectivity index (χ2v) is 1.64. The van der Waals surface area contributed by atoms with Crippen LogP contribution < -0.4 is 5.73 Å². The summed E-state index contributed by atoms with van der Waals surface area (Å²) in [6.45, 7) is 1.67. The molecular formula is C5H10N2O2. The Morgan fingerprint density at radius 2 is 2.00 bits per heavy atom. The van der Waals surface area contributed by atoms with Crippen LogP contribution in [0.5, 0.6) is 0 Å². The van der Waals surface area contributed by atoms with Crippen LogP contribution in [0.25, 0.3) is 0 Å². The Labute approximate surface area is 53.6 Å². The van der Waals surface area contributed by atoms with Crippen LogP contribution >= 0.6 is 0 Å². The van der Waals surface area contributed by atoms with Crippen LogP contribution in [0, 0.1) is 0 Å². The number of carbonyl (C=O) groups excluding carboxylic acids is 2. The fourth-order valence-electron chi connectivity index (χ4n) is 0.360. The molecule has 0 aliphatic rings. The number of urea groups is 1. The highest BCUT2D eigenvalue weighted by Crippen LogP contribution is 1.86. The second kappa shape index (κ2) is 3.06. The molecule has 0 aromatic rings. The normalized spacial score (nSPS) is 8.67. The molecule has 4 heteroatoms. The Bertz CT molecular complexity index is 133. The predicted octanol–water partition coefficient (Wildman–Crippen LogP) is -0.0665. The summed E-state index contributed by atoms with van der Waals surface area (Å²) in [5.41, 5.74) is 4.78. The Morgan fingerprint density at radius 1 is 1.56 bits per heavy atom. The van der Waals surface area contributed by atoms with Crippen molar-refractivity contribution in [1.29, 1.82) is 0 Å². The lowest BCUT2D eigenvalue weighted by Gasteiger charge is -2.09. The van der Waals surface area contributed by atoms with Crippen molar-refractivity contribution in [3.05, 3.63) is 0 Å². The second-order valence-electron chi connectivity index (χ2n) is 1.64. The molecule has 2 N–H and O–H groups in total. The van der Waals surface area contributed by atoms with Crippen LogP contribution in [-0.2, 0) is 4.79 Å². The van der Waals surface area contributed by atoms with E-state index in [9.17, 15) is 9.59 Å². The van der Waals surface area contributed by atoms with E-state index in [0.29, 0.717) is 6.42 Å². The van der Waals surface area contributed by atoms with E-state index in [2.05, 4.69) is 0 Å². The quantitative estimate of drug-likeness (QED) is 0.540. The minimum Gasteiger partial charge on any atom is -0.351 e. The predicted molar refractivity (Wildman–Crippen MR) is 32.6 cm³/mol. The molecule has 0 saturated heterocycles. The van der Waals surface area contributed by atoms with Gasteiger partial charge in [-0.1, -0.05) is 6.92 Å². The molecule has 0 heterocycles. The van der Waals surface area contributed by atoms with Crippen molar-refractivity contribution in [1.82, 2.24) is 4.90 Å². The van der Waals surface area contributed by atoms with Gasteiger partial charge in [-0.3, -0.25) is 9.69 Å². The number of imide groups is 1. The Kier molecular flexibility index (Phi) is 2.70. The zero-order valence-electron chi connectivity index (χ0n) is 5.55. The van der Waals surface area contributed by atoms with E-state index in [0.717, 1.165) is 4.90 Å². The average molecular weight is 130 g/mol. The number of nitrogens with two attached hydrogens (primary N) is 1. The molecule has 0 aliphatic carbocycles. The van der Waals surface area contributed by atoms with Crippen LogP contribution in [0.3, 0.4) is 0 Å². The van der Waals surface area contributed by atoms with Gasteiger partial charge in [0, 0.05) is 13.5 Å². The molecule has 0 bridgehead atoms. The standard InChI is InChI=1S/C5H10N2O2/c1-3-4(8)7(2)5(6)9/h3H2,1-2H3,(H2,6,9). The Morgan fingerprint density at radius 3 is 2.11 bits per heavy atom. The Hall–Kier alpha value is -1.06. The molecule has 52 valence electrons. The fourth-order valence-corrected chi connectivity index (χ4v) is 0.360. The van der Waals surface area contributed by atoms with Crippen LogP contribution in [0.4, 0.5) is 4.79 Å². The highest BCUT2D eigenvalue weighted by atomic mass is 16.2. The summed E-state index contributed by atoms with van der Waals surface area (Å²) in [6.07, 6.45) is 0.305. The first-order chi connectivity index (χ1) is 4.09. The van der Waals surface area contributed by atoms with Crippen LogP contribution in [-0.4, -0.2) is 23.9 Å². The molecule has 0 unspecified atom stereocenters. The monoisotopic (exact) mass is 130 g/mol. The number of nitrogens with zero attached hydrogens (tertiary/aromatic N) is 1. The first-order valence-corrected chi connectivity index (χ1v) is 2.65. The summed E-state index contributed by atoms with van der Waals surface area (Å²) in [6, 6.07) is -0.707. The number of rotatable bonds is 1. The van der Waals surface area contributed by atoms with Crippen molar-refractivity contribution in [2.24, 2.45) is 5.73 Å². The van der Waals surface area contributed by atoms with Crippen LogP contribution in [0.1, 0.15) is 13.3 Å². The molecule has 0 radical (unpaired) electrons. The zero-order valence-corrected chi connectivity index (χ0v) is 5.55. The van der Waals surface area contributed by atoms with Gasteiger partial charge in [0.05, 0.1) is 0 Å². The van der Waals surface area contributed by atoms with Gasteiger partial charge in [-0.05, 0) is 0 Å². The van der Waals surface area contributed by atoms with Crippen molar-refractivity contribution >= 4 is 11.9 Å². The van der Waals surface area contributed by atoms with Gasteiger partial charge in [-0.25, -0.2) is 4.79 Å². The fraction of sp³-hybridized carbons (Fsp3) is 0.600. The number of primary amides is 1.